The van der Waals surface area contributed by atoms with E-state index in [-0.39, 0.29) is 5.91 Å². The highest BCUT2D eigenvalue weighted by atomic mass is 16.5. The number of hydrogen-bond acceptors (Lipinski definition) is 6. The predicted molar refractivity (Wildman–Crippen MR) is 97.1 cm³/mol. The third kappa shape index (κ3) is 3.10. The van der Waals surface area contributed by atoms with Crippen molar-refractivity contribution in [1.29, 1.82) is 0 Å². The molecule has 0 fully saturated rings. The summed E-state index contributed by atoms with van der Waals surface area (Å²) >= 11 is 0. The Morgan fingerprint density at radius 2 is 1.81 bits per heavy atom. The molecular formula is C19H19N5O3. The highest BCUT2D eigenvalue weighted by Crippen LogP contribution is 2.33. The van der Waals surface area contributed by atoms with E-state index < -0.39 is 0 Å². The molecule has 0 atom stereocenters. The number of benzene rings is 2. The van der Waals surface area contributed by atoms with E-state index in [1.807, 2.05) is 35.2 Å². The zero-order chi connectivity index (χ0) is 18.8. The Bertz CT molecular complexity index is 971. The number of aromatic nitrogens is 4. The van der Waals surface area contributed by atoms with Crippen molar-refractivity contribution in [2.24, 2.45) is 0 Å². The van der Waals surface area contributed by atoms with Gasteiger partial charge in [0.1, 0.15) is 6.33 Å². The molecule has 3 aromatic rings. The topological polar surface area (TPSA) is 82.4 Å². The fourth-order valence-corrected chi connectivity index (χ4v) is 3.35. The van der Waals surface area contributed by atoms with Gasteiger partial charge in [0.05, 0.1) is 25.5 Å². The Morgan fingerprint density at radius 3 is 2.52 bits per heavy atom. The number of nitrogens with zero attached hydrogens (tertiary/aromatic N) is 5. The van der Waals surface area contributed by atoms with Gasteiger partial charge in [-0.05, 0) is 52.2 Å². The van der Waals surface area contributed by atoms with Crippen molar-refractivity contribution in [2.45, 2.75) is 13.0 Å². The zero-order valence-corrected chi connectivity index (χ0v) is 15.1. The number of ether oxygens (including phenoxy) is 2. The van der Waals surface area contributed by atoms with Crippen molar-refractivity contribution in [2.75, 3.05) is 20.8 Å². The molecule has 8 heteroatoms. The van der Waals surface area contributed by atoms with Crippen LogP contribution in [0.15, 0.2) is 42.7 Å². The Kier molecular flexibility index (Phi) is 4.45. The van der Waals surface area contributed by atoms with E-state index in [0.29, 0.717) is 35.8 Å². The van der Waals surface area contributed by atoms with Crippen molar-refractivity contribution in [3.8, 4) is 17.2 Å². The first kappa shape index (κ1) is 17.0. The zero-order valence-electron chi connectivity index (χ0n) is 15.1. The van der Waals surface area contributed by atoms with Crippen LogP contribution in [-0.2, 0) is 13.0 Å². The molecule has 0 unspecified atom stereocenters. The first-order valence-corrected chi connectivity index (χ1v) is 8.56. The molecule has 0 radical (unpaired) electrons. The van der Waals surface area contributed by atoms with Crippen LogP contribution in [-0.4, -0.2) is 51.8 Å². The summed E-state index contributed by atoms with van der Waals surface area (Å²) in [7, 11) is 3.23. The summed E-state index contributed by atoms with van der Waals surface area (Å²) in [6.07, 6.45) is 2.24. The summed E-state index contributed by atoms with van der Waals surface area (Å²) < 4.78 is 12.3. The van der Waals surface area contributed by atoms with Gasteiger partial charge < -0.3 is 14.4 Å². The average Bonchev–Trinajstić information content (AvgIpc) is 3.26. The summed E-state index contributed by atoms with van der Waals surface area (Å²) in [5.41, 5.74) is 3.46. The first-order chi connectivity index (χ1) is 13.2. The van der Waals surface area contributed by atoms with Gasteiger partial charge in [0, 0.05) is 13.1 Å². The van der Waals surface area contributed by atoms with E-state index >= 15 is 0 Å². The molecule has 8 nitrogen and oxygen atoms in total. The van der Waals surface area contributed by atoms with Gasteiger partial charge in [0.25, 0.3) is 5.91 Å². The number of amides is 1. The van der Waals surface area contributed by atoms with Crippen LogP contribution in [0, 0.1) is 0 Å². The van der Waals surface area contributed by atoms with E-state index in [0.717, 1.165) is 12.0 Å². The van der Waals surface area contributed by atoms with Crippen LogP contribution in [0.25, 0.3) is 5.69 Å². The van der Waals surface area contributed by atoms with Crippen molar-refractivity contribution in [3.63, 3.8) is 0 Å². The third-order valence-corrected chi connectivity index (χ3v) is 4.74. The van der Waals surface area contributed by atoms with Crippen LogP contribution in [0.3, 0.4) is 0 Å². The lowest BCUT2D eigenvalue weighted by Crippen LogP contribution is -2.36. The highest BCUT2D eigenvalue weighted by molar-refractivity contribution is 5.97. The molecule has 1 aliphatic rings. The maximum atomic E-state index is 13.2. The number of carbonyl (C=O) groups is 1. The number of fused-ring (bicyclic) bond motifs is 1. The van der Waals surface area contributed by atoms with Gasteiger partial charge in [0.2, 0.25) is 0 Å². The summed E-state index contributed by atoms with van der Waals surface area (Å²) in [5, 5.41) is 11.2. The first-order valence-electron chi connectivity index (χ1n) is 8.56. The summed E-state index contributed by atoms with van der Waals surface area (Å²) in [4.78, 5) is 15.0. The Balaban J connectivity index is 1.64. The average molecular weight is 365 g/mol. The van der Waals surface area contributed by atoms with Crippen LogP contribution in [0.1, 0.15) is 21.5 Å². The number of para-hydroxylation sites is 1. The number of carbonyl (C=O) groups excluding carboxylic acids is 1. The van der Waals surface area contributed by atoms with Crippen molar-refractivity contribution in [1.82, 2.24) is 25.1 Å². The Labute approximate surface area is 156 Å². The van der Waals surface area contributed by atoms with E-state index in [9.17, 15) is 4.79 Å². The van der Waals surface area contributed by atoms with Crippen molar-refractivity contribution in [3.05, 3.63) is 59.4 Å². The van der Waals surface area contributed by atoms with E-state index in [1.165, 1.54) is 16.6 Å². The van der Waals surface area contributed by atoms with Crippen LogP contribution in [0.5, 0.6) is 11.5 Å². The second-order valence-corrected chi connectivity index (χ2v) is 6.22. The number of hydrogen-bond donors (Lipinski definition) is 0. The van der Waals surface area contributed by atoms with Gasteiger partial charge in [-0.25, -0.2) is 0 Å². The lowest BCUT2D eigenvalue weighted by molar-refractivity contribution is 0.0734. The predicted octanol–water partition coefficient (Wildman–Crippen LogP) is 1.88. The third-order valence-electron chi connectivity index (χ3n) is 4.74. The molecule has 0 aliphatic carbocycles. The molecular weight excluding hydrogens is 346 g/mol. The molecule has 1 aliphatic heterocycles. The minimum absolute atomic E-state index is 0.0541. The molecule has 27 heavy (non-hydrogen) atoms. The molecule has 0 N–H and O–H groups in total. The molecule has 0 saturated carbocycles. The van der Waals surface area contributed by atoms with Gasteiger partial charge in [0.15, 0.2) is 11.5 Å². The SMILES string of the molecule is COc1cc2c(cc1OC)CN(C(=O)c1ccccc1-n1cnnn1)CC2. The number of rotatable bonds is 4. The van der Waals surface area contributed by atoms with Gasteiger partial charge in [-0.1, -0.05) is 12.1 Å². The monoisotopic (exact) mass is 365 g/mol. The van der Waals surface area contributed by atoms with Gasteiger partial charge in [-0.15, -0.1) is 5.10 Å². The van der Waals surface area contributed by atoms with Crippen LogP contribution in [0.4, 0.5) is 0 Å². The molecule has 1 amide bonds. The molecule has 0 spiro atoms. The molecule has 2 aromatic carbocycles. The van der Waals surface area contributed by atoms with Gasteiger partial charge in [-0.3, -0.25) is 4.79 Å². The highest BCUT2D eigenvalue weighted by Gasteiger charge is 2.25. The fraction of sp³-hybridized carbons (Fsp3) is 0.263. The summed E-state index contributed by atoms with van der Waals surface area (Å²) in [6, 6.07) is 11.3. The van der Waals surface area contributed by atoms with E-state index in [2.05, 4.69) is 15.5 Å². The fourth-order valence-electron chi connectivity index (χ4n) is 3.35. The Morgan fingerprint density at radius 1 is 1.07 bits per heavy atom. The maximum absolute atomic E-state index is 13.2. The second-order valence-electron chi connectivity index (χ2n) is 6.22. The van der Waals surface area contributed by atoms with Gasteiger partial charge >= 0.3 is 0 Å². The van der Waals surface area contributed by atoms with Crippen molar-refractivity contribution < 1.29 is 14.3 Å². The summed E-state index contributed by atoms with van der Waals surface area (Å²) in [5.74, 6) is 1.32. The largest absolute Gasteiger partial charge is 0.493 e. The molecule has 0 bridgehead atoms. The van der Waals surface area contributed by atoms with Crippen LogP contribution < -0.4 is 9.47 Å². The minimum atomic E-state index is -0.0541. The van der Waals surface area contributed by atoms with E-state index in [4.69, 9.17) is 9.47 Å². The molecule has 0 saturated heterocycles. The van der Waals surface area contributed by atoms with Crippen LogP contribution >= 0.6 is 0 Å². The lowest BCUT2D eigenvalue weighted by Gasteiger charge is -2.30. The normalized spacial score (nSPS) is 13.2. The maximum Gasteiger partial charge on any atom is 0.256 e. The van der Waals surface area contributed by atoms with Gasteiger partial charge in [-0.2, -0.15) is 4.68 Å². The molecule has 2 heterocycles. The van der Waals surface area contributed by atoms with Crippen molar-refractivity contribution >= 4 is 5.91 Å². The van der Waals surface area contributed by atoms with Crippen LogP contribution in [0.2, 0.25) is 0 Å². The Hall–Kier alpha value is -3.42. The standard InChI is InChI=1S/C19H19N5O3/c1-26-17-9-13-7-8-23(11-14(13)10-18(17)27-2)19(25)15-5-3-4-6-16(15)24-12-20-21-22-24/h3-6,9-10,12H,7-8,11H2,1-2H3. The number of methoxy groups -OCH3 is 2. The molecule has 138 valence electrons. The quantitative estimate of drug-likeness (QED) is 0.702. The minimum Gasteiger partial charge on any atom is -0.493 e. The second kappa shape index (κ2) is 7.06. The smallest absolute Gasteiger partial charge is 0.256 e. The molecule has 1 aromatic heterocycles. The summed E-state index contributed by atoms with van der Waals surface area (Å²) in [6.45, 7) is 1.14. The van der Waals surface area contributed by atoms with E-state index in [1.54, 1.807) is 20.3 Å². The molecule has 4 rings (SSSR count). The lowest BCUT2D eigenvalue weighted by atomic mass is 9.98. The number of tetrazole rings is 1.